The third kappa shape index (κ3) is 3.03. The Bertz CT molecular complexity index is 595. The van der Waals surface area contributed by atoms with E-state index in [2.05, 4.69) is 4.98 Å². The van der Waals surface area contributed by atoms with E-state index in [0.29, 0.717) is 12.2 Å². The summed E-state index contributed by atoms with van der Waals surface area (Å²) in [7, 11) is 5.14. The second-order valence-corrected chi connectivity index (χ2v) is 4.74. The summed E-state index contributed by atoms with van der Waals surface area (Å²) in [6.07, 6.45) is 3.51. The van der Waals surface area contributed by atoms with Crippen LogP contribution < -0.4 is 0 Å². The summed E-state index contributed by atoms with van der Waals surface area (Å²) in [5.74, 6) is -0.0105. The number of hydrogen-bond acceptors (Lipinski definition) is 3. The van der Waals surface area contributed by atoms with Crippen molar-refractivity contribution in [3.8, 4) is 11.1 Å². The standard InChI is InChI=1S/C16H18N2O2/c1-18(2)16(19)13-4-5-15(14(10-13)11-20-3)12-6-8-17-9-7-12/h4-10H,11H2,1-3H3. The minimum atomic E-state index is -0.0105. The van der Waals surface area contributed by atoms with Gasteiger partial charge in [0.1, 0.15) is 0 Å². The molecule has 0 aliphatic carbocycles. The van der Waals surface area contributed by atoms with E-state index >= 15 is 0 Å². The largest absolute Gasteiger partial charge is 0.380 e. The Labute approximate surface area is 119 Å². The molecule has 0 fully saturated rings. The Balaban J connectivity index is 2.46. The summed E-state index contributed by atoms with van der Waals surface area (Å²) in [5.41, 5.74) is 3.78. The highest BCUT2D eigenvalue weighted by Crippen LogP contribution is 2.25. The molecule has 1 aromatic carbocycles. The number of carbonyl (C=O) groups is 1. The van der Waals surface area contributed by atoms with Crippen molar-refractivity contribution in [2.45, 2.75) is 6.61 Å². The molecule has 2 aromatic rings. The summed E-state index contributed by atoms with van der Waals surface area (Å²) in [6.45, 7) is 0.464. The number of carbonyl (C=O) groups excluding carboxylic acids is 1. The first-order valence-corrected chi connectivity index (χ1v) is 6.37. The molecule has 0 saturated carbocycles. The van der Waals surface area contributed by atoms with Gasteiger partial charge in [-0.2, -0.15) is 0 Å². The average Bonchev–Trinajstić information content (AvgIpc) is 2.47. The van der Waals surface area contributed by atoms with Gasteiger partial charge < -0.3 is 9.64 Å². The first-order valence-electron chi connectivity index (χ1n) is 6.37. The van der Waals surface area contributed by atoms with E-state index in [-0.39, 0.29) is 5.91 Å². The topological polar surface area (TPSA) is 42.4 Å². The highest BCUT2D eigenvalue weighted by molar-refractivity contribution is 5.94. The maximum Gasteiger partial charge on any atom is 0.253 e. The summed E-state index contributed by atoms with van der Waals surface area (Å²) in [6, 6.07) is 9.59. The predicted molar refractivity (Wildman–Crippen MR) is 78.4 cm³/mol. The fourth-order valence-corrected chi connectivity index (χ4v) is 2.07. The van der Waals surface area contributed by atoms with Gasteiger partial charge in [-0.05, 0) is 41.0 Å². The molecule has 1 aromatic heterocycles. The highest BCUT2D eigenvalue weighted by Gasteiger charge is 2.12. The van der Waals surface area contributed by atoms with Gasteiger partial charge in [-0.25, -0.2) is 0 Å². The second kappa shape index (κ2) is 6.30. The van der Waals surface area contributed by atoms with Gasteiger partial charge >= 0.3 is 0 Å². The number of amides is 1. The van der Waals surface area contributed by atoms with E-state index in [9.17, 15) is 4.79 Å². The highest BCUT2D eigenvalue weighted by atomic mass is 16.5. The van der Waals surface area contributed by atoms with Crippen LogP contribution in [0.5, 0.6) is 0 Å². The minimum absolute atomic E-state index is 0.0105. The summed E-state index contributed by atoms with van der Waals surface area (Å²) in [4.78, 5) is 17.6. The van der Waals surface area contributed by atoms with Crippen LogP contribution in [-0.2, 0) is 11.3 Å². The molecule has 0 atom stereocenters. The molecule has 1 heterocycles. The van der Waals surface area contributed by atoms with Gasteiger partial charge in [0.2, 0.25) is 0 Å². The number of methoxy groups -OCH3 is 1. The monoisotopic (exact) mass is 270 g/mol. The minimum Gasteiger partial charge on any atom is -0.380 e. The molecule has 0 aliphatic heterocycles. The molecule has 0 spiro atoms. The fourth-order valence-electron chi connectivity index (χ4n) is 2.07. The number of benzene rings is 1. The van der Waals surface area contributed by atoms with Crippen molar-refractivity contribution in [1.29, 1.82) is 0 Å². The van der Waals surface area contributed by atoms with Crippen LogP contribution in [-0.4, -0.2) is 37.0 Å². The predicted octanol–water partition coefficient (Wildman–Crippen LogP) is 2.60. The maximum atomic E-state index is 12.0. The lowest BCUT2D eigenvalue weighted by Gasteiger charge is -2.14. The van der Waals surface area contributed by atoms with Crippen molar-refractivity contribution in [2.75, 3.05) is 21.2 Å². The van der Waals surface area contributed by atoms with E-state index < -0.39 is 0 Å². The molecule has 104 valence electrons. The number of rotatable bonds is 4. The van der Waals surface area contributed by atoms with Gasteiger partial charge in [-0.3, -0.25) is 9.78 Å². The van der Waals surface area contributed by atoms with Crippen molar-refractivity contribution in [2.24, 2.45) is 0 Å². The molecule has 0 N–H and O–H groups in total. The van der Waals surface area contributed by atoms with E-state index in [4.69, 9.17) is 4.74 Å². The number of nitrogens with zero attached hydrogens (tertiary/aromatic N) is 2. The van der Waals surface area contributed by atoms with E-state index in [1.165, 1.54) is 0 Å². The van der Waals surface area contributed by atoms with Crippen LogP contribution in [0, 0.1) is 0 Å². The van der Waals surface area contributed by atoms with Crippen LogP contribution in [0.15, 0.2) is 42.7 Å². The molecule has 4 heteroatoms. The van der Waals surface area contributed by atoms with E-state index in [1.54, 1.807) is 38.5 Å². The third-order valence-electron chi connectivity index (χ3n) is 3.05. The summed E-state index contributed by atoms with van der Waals surface area (Å²) < 4.78 is 5.24. The SMILES string of the molecule is COCc1cc(C(=O)N(C)C)ccc1-c1ccncc1. The number of pyridine rings is 1. The lowest BCUT2D eigenvalue weighted by molar-refractivity contribution is 0.0827. The molecule has 4 nitrogen and oxygen atoms in total. The lowest BCUT2D eigenvalue weighted by Crippen LogP contribution is -2.21. The first kappa shape index (κ1) is 14.2. The Morgan fingerprint density at radius 3 is 2.50 bits per heavy atom. The lowest BCUT2D eigenvalue weighted by atomic mass is 9.98. The molecular weight excluding hydrogens is 252 g/mol. The van der Waals surface area contributed by atoms with Crippen LogP contribution in [0.3, 0.4) is 0 Å². The molecular formula is C16H18N2O2. The molecule has 0 radical (unpaired) electrons. The molecule has 20 heavy (non-hydrogen) atoms. The first-order chi connectivity index (χ1) is 9.63. The number of hydrogen-bond donors (Lipinski definition) is 0. The molecule has 0 saturated heterocycles. The zero-order valence-electron chi connectivity index (χ0n) is 12.0. The van der Waals surface area contributed by atoms with Crippen LogP contribution in [0.25, 0.3) is 11.1 Å². The zero-order chi connectivity index (χ0) is 14.5. The normalized spacial score (nSPS) is 10.3. The second-order valence-electron chi connectivity index (χ2n) is 4.74. The molecule has 1 amide bonds. The Morgan fingerprint density at radius 2 is 1.90 bits per heavy atom. The van der Waals surface area contributed by atoms with Crippen molar-refractivity contribution >= 4 is 5.91 Å². The number of ether oxygens (including phenoxy) is 1. The smallest absolute Gasteiger partial charge is 0.253 e. The van der Waals surface area contributed by atoms with E-state index in [0.717, 1.165) is 16.7 Å². The Hall–Kier alpha value is -2.20. The van der Waals surface area contributed by atoms with Gasteiger partial charge in [-0.1, -0.05) is 6.07 Å². The van der Waals surface area contributed by atoms with E-state index in [1.807, 2.05) is 30.3 Å². The van der Waals surface area contributed by atoms with Gasteiger partial charge in [0.25, 0.3) is 5.91 Å². The maximum absolute atomic E-state index is 12.0. The van der Waals surface area contributed by atoms with Crippen LogP contribution in [0.2, 0.25) is 0 Å². The van der Waals surface area contributed by atoms with Crippen LogP contribution >= 0.6 is 0 Å². The van der Waals surface area contributed by atoms with Crippen molar-refractivity contribution < 1.29 is 9.53 Å². The molecule has 2 rings (SSSR count). The van der Waals surface area contributed by atoms with Gasteiger partial charge in [0, 0.05) is 39.2 Å². The molecule has 0 bridgehead atoms. The zero-order valence-corrected chi connectivity index (χ0v) is 12.0. The quantitative estimate of drug-likeness (QED) is 0.857. The van der Waals surface area contributed by atoms with Crippen molar-refractivity contribution in [1.82, 2.24) is 9.88 Å². The van der Waals surface area contributed by atoms with Crippen molar-refractivity contribution in [3.63, 3.8) is 0 Å². The molecule has 0 unspecified atom stereocenters. The summed E-state index contributed by atoms with van der Waals surface area (Å²) >= 11 is 0. The Kier molecular flexibility index (Phi) is 4.48. The van der Waals surface area contributed by atoms with Crippen LogP contribution in [0.1, 0.15) is 15.9 Å². The van der Waals surface area contributed by atoms with Gasteiger partial charge in [-0.15, -0.1) is 0 Å². The van der Waals surface area contributed by atoms with Crippen molar-refractivity contribution in [3.05, 3.63) is 53.9 Å². The fraction of sp³-hybridized carbons (Fsp3) is 0.250. The van der Waals surface area contributed by atoms with Gasteiger partial charge in [0.05, 0.1) is 6.61 Å². The third-order valence-corrected chi connectivity index (χ3v) is 3.05. The molecule has 0 aliphatic rings. The Morgan fingerprint density at radius 1 is 1.20 bits per heavy atom. The average molecular weight is 270 g/mol. The number of aromatic nitrogens is 1. The summed E-state index contributed by atoms with van der Waals surface area (Å²) in [5, 5.41) is 0. The van der Waals surface area contributed by atoms with Gasteiger partial charge in [0.15, 0.2) is 0 Å². The van der Waals surface area contributed by atoms with Crippen LogP contribution in [0.4, 0.5) is 0 Å².